The van der Waals surface area contributed by atoms with Crippen molar-refractivity contribution in [2.24, 2.45) is 0 Å². The van der Waals surface area contributed by atoms with Crippen LogP contribution in [0.1, 0.15) is 42.3 Å². The second-order valence-corrected chi connectivity index (χ2v) is 7.46. The first kappa shape index (κ1) is 19.2. The van der Waals surface area contributed by atoms with Crippen LogP contribution >= 0.6 is 0 Å². The first-order valence-corrected chi connectivity index (χ1v) is 10.0. The van der Waals surface area contributed by atoms with Gasteiger partial charge < -0.3 is 14.6 Å². The molecular weight excluding hydrogens is 366 g/mol. The summed E-state index contributed by atoms with van der Waals surface area (Å²) in [5.41, 5.74) is 4.57. The van der Waals surface area contributed by atoms with Gasteiger partial charge in [0, 0.05) is 5.56 Å². The van der Waals surface area contributed by atoms with E-state index < -0.39 is 6.10 Å². The van der Waals surface area contributed by atoms with Crippen molar-refractivity contribution < 1.29 is 14.1 Å². The number of aromatic nitrogens is 2. The Labute approximate surface area is 170 Å². The molecule has 1 atom stereocenters. The van der Waals surface area contributed by atoms with Crippen molar-refractivity contribution in [3.8, 4) is 17.1 Å². The van der Waals surface area contributed by atoms with Crippen molar-refractivity contribution in [1.82, 2.24) is 15.5 Å². The molecule has 0 unspecified atom stereocenters. The molecule has 1 aromatic heterocycles. The van der Waals surface area contributed by atoms with Crippen LogP contribution < -0.4 is 10.1 Å². The van der Waals surface area contributed by atoms with Gasteiger partial charge in [0.25, 0.3) is 5.91 Å². The molecule has 1 heterocycles. The Balaban J connectivity index is 1.35. The van der Waals surface area contributed by atoms with Crippen LogP contribution in [0.4, 0.5) is 0 Å². The maximum atomic E-state index is 12.5. The second kappa shape index (κ2) is 8.47. The van der Waals surface area contributed by atoms with Crippen molar-refractivity contribution in [3.63, 3.8) is 0 Å². The monoisotopic (exact) mass is 391 g/mol. The summed E-state index contributed by atoms with van der Waals surface area (Å²) < 4.78 is 11.2. The Bertz CT molecular complexity index is 1010. The lowest BCUT2D eigenvalue weighted by Gasteiger charge is -2.21. The van der Waals surface area contributed by atoms with Gasteiger partial charge in [0.05, 0.1) is 6.54 Å². The topological polar surface area (TPSA) is 77.2 Å². The minimum absolute atomic E-state index is 0.165. The quantitative estimate of drug-likeness (QED) is 0.687. The van der Waals surface area contributed by atoms with E-state index in [4.69, 9.17) is 9.26 Å². The van der Waals surface area contributed by atoms with E-state index in [0.29, 0.717) is 11.7 Å². The highest BCUT2D eigenvalue weighted by molar-refractivity contribution is 5.80. The summed E-state index contributed by atoms with van der Waals surface area (Å²) in [7, 11) is 0. The number of amides is 1. The average Bonchev–Trinajstić information content (AvgIpc) is 3.21. The molecule has 4 rings (SSSR count). The normalized spacial score (nSPS) is 14.1. The number of aryl methyl sites for hydroxylation is 2. The average molecular weight is 391 g/mol. The summed E-state index contributed by atoms with van der Waals surface area (Å²) in [5.74, 6) is 1.47. The molecule has 0 fully saturated rings. The third-order valence-corrected chi connectivity index (χ3v) is 5.18. The van der Waals surface area contributed by atoms with Gasteiger partial charge in [-0.3, -0.25) is 4.79 Å². The largest absolute Gasteiger partial charge is 0.481 e. The molecule has 1 aliphatic rings. The zero-order valence-electron chi connectivity index (χ0n) is 16.8. The van der Waals surface area contributed by atoms with Crippen LogP contribution in [0, 0.1) is 6.92 Å². The lowest BCUT2D eigenvalue weighted by Crippen LogP contribution is -2.36. The van der Waals surface area contributed by atoms with Gasteiger partial charge >= 0.3 is 0 Å². The number of carbonyl (C=O) groups excluding carboxylic acids is 1. The highest BCUT2D eigenvalue weighted by Gasteiger charge is 2.20. The summed E-state index contributed by atoms with van der Waals surface area (Å²) in [4.78, 5) is 16.8. The zero-order valence-corrected chi connectivity index (χ0v) is 16.8. The maximum absolute atomic E-state index is 12.5. The van der Waals surface area contributed by atoms with Gasteiger partial charge in [0.15, 0.2) is 6.10 Å². The van der Waals surface area contributed by atoms with Crippen LogP contribution in [-0.4, -0.2) is 22.2 Å². The molecular formula is C23H25N3O3. The second-order valence-electron chi connectivity index (χ2n) is 7.46. The van der Waals surface area contributed by atoms with E-state index in [0.717, 1.165) is 36.1 Å². The van der Waals surface area contributed by atoms with E-state index >= 15 is 0 Å². The summed E-state index contributed by atoms with van der Waals surface area (Å²) in [6.45, 7) is 3.93. The molecule has 0 spiro atoms. The molecule has 3 aromatic rings. The molecule has 0 saturated heterocycles. The van der Waals surface area contributed by atoms with Crippen molar-refractivity contribution in [1.29, 1.82) is 0 Å². The molecule has 6 nitrogen and oxygen atoms in total. The Morgan fingerprint density at radius 2 is 2.03 bits per heavy atom. The van der Waals surface area contributed by atoms with Gasteiger partial charge in [-0.2, -0.15) is 4.98 Å². The lowest BCUT2D eigenvalue weighted by atomic mass is 9.91. The molecule has 150 valence electrons. The van der Waals surface area contributed by atoms with Gasteiger partial charge in [0.2, 0.25) is 11.7 Å². The summed E-state index contributed by atoms with van der Waals surface area (Å²) >= 11 is 0. The number of fused-ring (bicyclic) bond motifs is 1. The zero-order chi connectivity index (χ0) is 20.2. The van der Waals surface area contributed by atoms with E-state index in [1.165, 1.54) is 17.5 Å². The molecule has 0 bridgehead atoms. The fourth-order valence-electron chi connectivity index (χ4n) is 3.64. The molecule has 0 saturated carbocycles. The molecule has 1 N–H and O–H groups in total. The van der Waals surface area contributed by atoms with Crippen LogP contribution in [-0.2, 0) is 24.2 Å². The Kier molecular flexibility index (Phi) is 5.60. The fraction of sp³-hybridized carbons (Fsp3) is 0.348. The third-order valence-electron chi connectivity index (χ3n) is 5.18. The standard InChI is InChI=1S/C23H25N3O3/c1-15-7-5-10-18(13-15)22-25-21(29-26-22)14-24-23(27)16(2)28-20-12-6-9-17-8-3-4-11-19(17)20/h5-7,9-10,12-13,16H,3-4,8,11,14H2,1-2H3,(H,24,27)/t16-/m0/s1. The van der Waals surface area contributed by atoms with Crippen molar-refractivity contribution in [2.75, 3.05) is 0 Å². The van der Waals surface area contributed by atoms with Crippen LogP contribution in [0.3, 0.4) is 0 Å². The number of hydrogen-bond acceptors (Lipinski definition) is 5. The first-order valence-electron chi connectivity index (χ1n) is 10.0. The Morgan fingerprint density at radius 1 is 1.21 bits per heavy atom. The van der Waals surface area contributed by atoms with Crippen LogP contribution in [0.5, 0.6) is 5.75 Å². The van der Waals surface area contributed by atoms with Crippen LogP contribution in [0.15, 0.2) is 47.0 Å². The van der Waals surface area contributed by atoms with Gasteiger partial charge in [0.1, 0.15) is 5.75 Å². The number of ether oxygens (including phenoxy) is 1. The van der Waals surface area contributed by atoms with E-state index in [1.807, 2.05) is 43.3 Å². The number of nitrogens with zero attached hydrogens (tertiary/aromatic N) is 2. The maximum Gasteiger partial charge on any atom is 0.261 e. The summed E-state index contributed by atoms with van der Waals surface area (Å²) in [6.07, 6.45) is 3.84. The molecule has 1 aliphatic carbocycles. The van der Waals surface area contributed by atoms with Crippen LogP contribution in [0.2, 0.25) is 0 Å². The van der Waals surface area contributed by atoms with E-state index in [9.17, 15) is 4.79 Å². The molecule has 29 heavy (non-hydrogen) atoms. The van der Waals surface area contributed by atoms with Crippen molar-refractivity contribution in [2.45, 2.75) is 52.2 Å². The third kappa shape index (κ3) is 4.47. The number of nitrogens with one attached hydrogen (secondary N) is 1. The minimum atomic E-state index is -0.609. The van der Waals surface area contributed by atoms with E-state index in [-0.39, 0.29) is 12.5 Å². The molecule has 1 amide bonds. The smallest absolute Gasteiger partial charge is 0.261 e. The van der Waals surface area contributed by atoms with Gasteiger partial charge in [-0.15, -0.1) is 0 Å². The molecule has 6 heteroatoms. The molecule has 2 aromatic carbocycles. The fourth-order valence-corrected chi connectivity index (χ4v) is 3.64. The van der Waals surface area contributed by atoms with Crippen molar-refractivity contribution in [3.05, 3.63) is 65.0 Å². The lowest BCUT2D eigenvalue weighted by molar-refractivity contribution is -0.127. The number of carbonyl (C=O) groups is 1. The predicted molar refractivity (Wildman–Crippen MR) is 109 cm³/mol. The predicted octanol–water partition coefficient (Wildman–Crippen LogP) is 4.01. The van der Waals surface area contributed by atoms with Gasteiger partial charge in [-0.25, -0.2) is 0 Å². The highest BCUT2D eigenvalue weighted by atomic mass is 16.5. The SMILES string of the molecule is Cc1cccc(-c2noc(CNC(=O)[C@H](C)Oc3cccc4c3CCCC4)n2)c1. The van der Waals surface area contributed by atoms with Gasteiger partial charge in [-0.1, -0.05) is 41.1 Å². The molecule has 0 radical (unpaired) electrons. The molecule has 0 aliphatic heterocycles. The van der Waals surface area contributed by atoms with E-state index in [1.54, 1.807) is 6.92 Å². The van der Waals surface area contributed by atoms with E-state index in [2.05, 4.69) is 21.5 Å². The number of benzene rings is 2. The number of rotatable bonds is 6. The summed E-state index contributed by atoms with van der Waals surface area (Å²) in [6, 6.07) is 14.0. The Hall–Kier alpha value is -3.15. The number of hydrogen-bond donors (Lipinski definition) is 1. The first-order chi connectivity index (χ1) is 14.1. The Morgan fingerprint density at radius 3 is 2.90 bits per heavy atom. The highest BCUT2D eigenvalue weighted by Crippen LogP contribution is 2.30. The van der Waals surface area contributed by atoms with Crippen molar-refractivity contribution >= 4 is 5.91 Å². The minimum Gasteiger partial charge on any atom is -0.481 e. The summed E-state index contributed by atoms with van der Waals surface area (Å²) in [5, 5.41) is 6.81. The van der Waals surface area contributed by atoms with Gasteiger partial charge in [-0.05, 0) is 62.8 Å². The van der Waals surface area contributed by atoms with Crippen LogP contribution in [0.25, 0.3) is 11.4 Å².